The van der Waals surface area contributed by atoms with Gasteiger partial charge in [-0.15, -0.1) is 11.3 Å². The second kappa shape index (κ2) is 5.59. The number of para-hydroxylation sites is 1. The summed E-state index contributed by atoms with van der Waals surface area (Å²) in [4.78, 5) is 15.0. The van der Waals surface area contributed by atoms with Crippen LogP contribution in [0.5, 0.6) is 0 Å². The van der Waals surface area contributed by atoms with E-state index in [4.69, 9.17) is 4.74 Å². The van der Waals surface area contributed by atoms with E-state index in [2.05, 4.69) is 4.98 Å². The van der Waals surface area contributed by atoms with Crippen LogP contribution in [0.15, 0.2) is 48.5 Å². The van der Waals surface area contributed by atoms with Crippen molar-refractivity contribution in [3.05, 3.63) is 69.2 Å². The van der Waals surface area contributed by atoms with Crippen LogP contribution in [0.2, 0.25) is 0 Å². The van der Waals surface area contributed by atoms with Gasteiger partial charge in [-0.25, -0.2) is 4.98 Å². The Morgan fingerprint density at radius 3 is 2.76 bits per heavy atom. The highest BCUT2D eigenvalue weighted by molar-refractivity contribution is 7.18. The minimum absolute atomic E-state index is 0.0515. The SMILES string of the molecule is COC(c1cccc([N+](=O)[O-])c1)c1nc2ccccc2s1. The summed E-state index contributed by atoms with van der Waals surface area (Å²) in [7, 11) is 1.58. The molecule has 0 amide bonds. The van der Waals surface area contributed by atoms with Crippen molar-refractivity contribution in [2.24, 2.45) is 0 Å². The number of non-ortho nitro benzene ring substituents is 1. The van der Waals surface area contributed by atoms with Gasteiger partial charge in [-0.1, -0.05) is 24.3 Å². The van der Waals surface area contributed by atoms with Crippen molar-refractivity contribution < 1.29 is 9.66 Å². The molecule has 3 rings (SSSR count). The molecular weight excluding hydrogens is 288 g/mol. The van der Waals surface area contributed by atoms with Gasteiger partial charge in [0.2, 0.25) is 0 Å². The maximum absolute atomic E-state index is 10.9. The van der Waals surface area contributed by atoms with Gasteiger partial charge in [0.05, 0.1) is 15.1 Å². The molecule has 2 aromatic carbocycles. The minimum Gasteiger partial charge on any atom is -0.370 e. The van der Waals surface area contributed by atoms with Crippen LogP contribution in [-0.2, 0) is 4.74 Å². The molecule has 0 radical (unpaired) electrons. The van der Waals surface area contributed by atoms with Crippen molar-refractivity contribution in [1.82, 2.24) is 4.98 Å². The Bertz CT molecular complexity index is 767. The molecule has 0 aliphatic carbocycles. The Kier molecular flexibility index (Phi) is 3.64. The van der Waals surface area contributed by atoms with Gasteiger partial charge in [0.25, 0.3) is 5.69 Å². The molecular formula is C15H12N2O3S. The van der Waals surface area contributed by atoms with Gasteiger partial charge in [-0.2, -0.15) is 0 Å². The highest BCUT2D eigenvalue weighted by Gasteiger charge is 2.20. The van der Waals surface area contributed by atoms with E-state index in [1.165, 1.54) is 23.5 Å². The molecule has 6 heteroatoms. The first-order valence-corrected chi connectivity index (χ1v) is 7.13. The first-order chi connectivity index (χ1) is 10.2. The van der Waals surface area contributed by atoms with E-state index >= 15 is 0 Å². The lowest BCUT2D eigenvalue weighted by atomic mass is 10.1. The first kappa shape index (κ1) is 13.7. The zero-order chi connectivity index (χ0) is 14.8. The fourth-order valence-corrected chi connectivity index (χ4v) is 3.26. The Hall–Kier alpha value is -2.31. The standard InChI is InChI=1S/C15H12N2O3S/c1-20-14(10-5-4-6-11(9-10)17(18)19)15-16-12-7-2-3-8-13(12)21-15/h2-9,14H,1H3. The zero-order valence-corrected chi connectivity index (χ0v) is 12.0. The molecule has 0 bridgehead atoms. The second-order valence-corrected chi connectivity index (χ2v) is 5.55. The third kappa shape index (κ3) is 2.63. The predicted octanol–water partition coefficient (Wildman–Crippen LogP) is 3.94. The van der Waals surface area contributed by atoms with Gasteiger partial charge in [-0.3, -0.25) is 10.1 Å². The molecule has 3 aromatic rings. The van der Waals surface area contributed by atoms with E-state index in [9.17, 15) is 10.1 Å². The molecule has 1 atom stereocenters. The highest BCUT2D eigenvalue weighted by Crippen LogP contribution is 2.33. The second-order valence-electron chi connectivity index (χ2n) is 4.49. The number of nitro benzene ring substituents is 1. The first-order valence-electron chi connectivity index (χ1n) is 6.31. The molecule has 0 aliphatic rings. The molecule has 1 unspecified atom stereocenters. The lowest BCUT2D eigenvalue weighted by molar-refractivity contribution is -0.385. The largest absolute Gasteiger partial charge is 0.370 e. The smallest absolute Gasteiger partial charge is 0.269 e. The third-order valence-corrected chi connectivity index (χ3v) is 4.23. The van der Waals surface area contributed by atoms with Crippen molar-refractivity contribution >= 4 is 27.2 Å². The van der Waals surface area contributed by atoms with Crippen LogP contribution in [0, 0.1) is 10.1 Å². The lowest BCUT2D eigenvalue weighted by Crippen LogP contribution is -2.03. The van der Waals surface area contributed by atoms with Crippen molar-refractivity contribution in [2.45, 2.75) is 6.10 Å². The van der Waals surface area contributed by atoms with E-state index in [1.807, 2.05) is 30.3 Å². The molecule has 0 spiro atoms. The minimum atomic E-state index is -0.408. The van der Waals surface area contributed by atoms with Crippen LogP contribution in [0.1, 0.15) is 16.7 Å². The summed E-state index contributed by atoms with van der Waals surface area (Å²) >= 11 is 1.53. The average Bonchev–Trinajstić information content (AvgIpc) is 2.91. The average molecular weight is 300 g/mol. The number of rotatable bonds is 4. The van der Waals surface area contributed by atoms with Gasteiger partial charge < -0.3 is 4.74 Å². The predicted molar refractivity (Wildman–Crippen MR) is 81.6 cm³/mol. The fourth-order valence-electron chi connectivity index (χ4n) is 2.18. The van der Waals surface area contributed by atoms with Gasteiger partial charge in [0.15, 0.2) is 0 Å². The van der Waals surface area contributed by atoms with Crippen LogP contribution < -0.4 is 0 Å². The number of methoxy groups -OCH3 is 1. The Morgan fingerprint density at radius 1 is 1.24 bits per heavy atom. The number of hydrogen-bond acceptors (Lipinski definition) is 5. The number of nitro groups is 1. The summed E-state index contributed by atoms with van der Waals surface area (Å²) in [6.07, 6.45) is -0.401. The molecule has 5 nitrogen and oxygen atoms in total. The van der Waals surface area contributed by atoms with Crippen molar-refractivity contribution in [1.29, 1.82) is 0 Å². The molecule has 0 saturated carbocycles. The summed E-state index contributed by atoms with van der Waals surface area (Å²) in [5, 5.41) is 11.7. The number of aromatic nitrogens is 1. The molecule has 0 N–H and O–H groups in total. The molecule has 1 heterocycles. The van der Waals surface area contributed by atoms with Crippen molar-refractivity contribution in [3.63, 3.8) is 0 Å². The monoisotopic (exact) mass is 300 g/mol. The van der Waals surface area contributed by atoms with Gasteiger partial charge in [0.1, 0.15) is 11.1 Å². The maximum atomic E-state index is 10.9. The van der Waals surface area contributed by atoms with E-state index in [0.717, 1.165) is 20.8 Å². The summed E-state index contributed by atoms with van der Waals surface area (Å²) in [5.41, 5.74) is 1.69. The van der Waals surface area contributed by atoms with Crippen LogP contribution in [-0.4, -0.2) is 17.0 Å². The molecule has 106 valence electrons. The van der Waals surface area contributed by atoms with Crippen molar-refractivity contribution in [3.8, 4) is 0 Å². The Balaban J connectivity index is 2.05. The summed E-state index contributed by atoms with van der Waals surface area (Å²) in [6, 6.07) is 14.3. The number of benzene rings is 2. The highest BCUT2D eigenvalue weighted by atomic mass is 32.1. The number of nitrogens with zero attached hydrogens (tertiary/aromatic N) is 2. The Labute approximate surface area is 125 Å². The topological polar surface area (TPSA) is 65.3 Å². The van der Waals surface area contributed by atoms with Crippen molar-refractivity contribution in [2.75, 3.05) is 7.11 Å². The van der Waals surface area contributed by atoms with Crippen LogP contribution in [0.3, 0.4) is 0 Å². The Morgan fingerprint density at radius 2 is 2.05 bits per heavy atom. The number of hydrogen-bond donors (Lipinski definition) is 0. The molecule has 0 aliphatic heterocycles. The van der Waals surface area contributed by atoms with Gasteiger partial charge >= 0.3 is 0 Å². The van der Waals surface area contributed by atoms with Crippen LogP contribution in [0.25, 0.3) is 10.2 Å². The number of thiazole rings is 1. The molecule has 0 fully saturated rings. The van der Waals surface area contributed by atoms with E-state index in [1.54, 1.807) is 13.2 Å². The normalized spacial score (nSPS) is 12.4. The van der Waals surface area contributed by atoms with Crippen LogP contribution in [0.4, 0.5) is 5.69 Å². The lowest BCUT2D eigenvalue weighted by Gasteiger charge is -2.12. The maximum Gasteiger partial charge on any atom is 0.269 e. The molecule has 21 heavy (non-hydrogen) atoms. The summed E-state index contributed by atoms with van der Waals surface area (Å²) in [5.74, 6) is 0. The van der Waals surface area contributed by atoms with E-state index in [0.29, 0.717) is 0 Å². The number of fused-ring (bicyclic) bond motifs is 1. The van der Waals surface area contributed by atoms with Gasteiger partial charge in [0, 0.05) is 19.2 Å². The molecule has 0 saturated heterocycles. The molecule has 1 aromatic heterocycles. The zero-order valence-electron chi connectivity index (χ0n) is 11.2. The number of ether oxygens (including phenoxy) is 1. The fraction of sp³-hybridized carbons (Fsp3) is 0.133. The van der Waals surface area contributed by atoms with Gasteiger partial charge in [-0.05, 0) is 17.7 Å². The third-order valence-electron chi connectivity index (χ3n) is 3.15. The summed E-state index contributed by atoms with van der Waals surface area (Å²) in [6.45, 7) is 0. The summed E-state index contributed by atoms with van der Waals surface area (Å²) < 4.78 is 6.58. The van der Waals surface area contributed by atoms with E-state index < -0.39 is 11.0 Å². The van der Waals surface area contributed by atoms with Crippen LogP contribution >= 0.6 is 11.3 Å². The van der Waals surface area contributed by atoms with E-state index in [-0.39, 0.29) is 5.69 Å². The quantitative estimate of drug-likeness (QED) is 0.540.